The Kier molecular flexibility index (Phi) is 6.64. The fourth-order valence-corrected chi connectivity index (χ4v) is 4.13. The Morgan fingerprint density at radius 2 is 2.14 bits per heavy atom. The maximum absolute atomic E-state index is 13.9. The van der Waals surface area contributed by atoms with Crippen LogP contribution in [0.5, 0.6) is 5.75 Å². The summed E-state index contributed by atoms with van der Waals surface area (Å²) in [5.74, 6) is -3.26. The minimum absolute atomic E-state index is 0.116. The van der Waals surface area contributed by atoms with Crippen LogP contribution in [-0.4, -0.2) is 35.5 Å². The largest absolute Gasteiger partial charge is 0.501 e. The first-order valence-corrected chi connectivity index (χ1v) is 11.0. The molecule has 0 aliphatic rings. The lowest BCUT2D eigenvalue weighted by atomic mass is 9.80. The van der Waals surface area contributed by atoms with Crippen LogP contribution in [0.15, 0.2) is 52.4 Å². The number of hydrogen-bond acceptors (Lipinski definition) is 8. The topological polar surface area (TPSA) is 152 Å². The SMILES string of the molecule is CCn1cc([C@H](c2ccc(F)cc2C#N)[C@@H](C)c2nc(C(=O)Nc3cnoc3)c(O)c(=O)n2C)cn1. The fourth-order valence-electron chi connectivity index (χ4n) is 4.13. The van der Waals surface area contributed by atoms with Crippen molar-refractivity contribution in [2.75, 3.05) is 5.32 Å². The summed E-state index contributed by atoms with van der Waals surface area (Å²) in [6, 6.07) is 5.93. The lowest BCUT2D eigenvalue weighted by Crippen LogP contribution is -2.29. The number of aromatic hydroxyl groups is 1. The molecule has 2 atom stereocenters. The molecule has 0 radical (unpaired) electrons. The molecule has 1 aromatic carbocycles. The molecule has 12 heteroatoms. The second kappa shape index (κ2) is 9.83. The van der Waals surface area contributed by atoms with Gasteiger partial charge in [0.25, 0.3) is 11.5 Å². The maximum Gasteiger partial charge on any atom is 0.296 e. The van der Waals surface area contributed by atoms with E-state index in [4.69, 9.17) is 0 Å². The molecular formula is C24H22FN7O4. The smallest absolute Gasteiger partial charge is 0.296 e. The molecule has 0 aliphatic heterocycles. The quantitative estimate of drug-likeness (QED) is 0.400. The summed E-state index contributed by atoms with van der Waals surface area (Å²) in [5, 5.41) is 30.4. The number of aryl methyl sites for hydroxylation is 1. The predicted molar refractivity (Wildman–Crippen MR) is 125 cm³/mol. The zero-order valence-corrected chi connectivity index (χ0v) is 19.6. The zero-order valence-electron chi connectivity index (χ0n) is 19.6. The lowest BCUT2D eigenvalue weighted by Gasteiger charge is -2.26. The second-order valence-corrected chi connectivity index (χ2v) is 8.14. The Morgan fingerprint density at radius 3 is 2.78 bits per heavy atom. The lowest BCUT2D eigenvalue weighted by molar-refractivity contribution is 0.101. The van der Waals surface area contributed by atoms with Crippen molar-refractivity contribution in [1.82, 2.24) is 24.5 Å². The van der Waals surface area contributed by atoms with Gasteiger partial charge in [0.05, 0.1) is 24.0 Å². The zero-order chi connectivity index (χ0) is 26.0. The minimum Gasteiger partial charge on any atom is -0.501 e. The van der Waals surface area contributed by atoms with Crippen molar-refractivity contribution in [3.05, 3.63) is 87.4 Å². The first kappa shape index (κ1) is 24.3. The van der Waals surface area contributed by atoms with Crippen LogP contribution in [-0.2, 0) is 13.6 Å². The Labute approximate surface area is 204 Å². The monoisotopic (exact) mass is 491 g/mol. The van der Waals surface area contributed by atoms with Crippen molar-refractivity contribution in [2.45, 2.75) is 32.2 Å². The first-order chi connectivity index (χ1) is 17.2. The van der Waals surface area contributed by atoms with Crippen LogP contribution in [0.2, 0.25) is 0 Å². The number of carbonyl (C=O) groups is 1. The molecule has 4 rings (SSSR count). The van der Waals surface area contributed by atoms with E-state index < -0.39 is 40.6 Å². The van der Waals surface area contributed by atoms with E-state index in [1.54, 1.807) is 24.0 Å². The average molecular weight is 491 g/mol. The van der Waals surface area contributed by atoms with E-state index in [-0.39, 0.29) is 17.1 Å². The van der Waals surface area contributed by atoms with Gasteiger partial charge in [-0.15, -0.1) is 0 Å². The number of halogens is 1. The third-order valence-corrected chi connectivity index (χ3v) is 5.92. The predicted octanol–water partition coefficient (Wildman–Crippen LogP) is 2.89. The average Bonchev–Trinajstić information content (AvgIpc) is 3.56. The molecule has 1 amide bonds. The van der Waals surface area contributed by atoms with Crippen molar-refractivity contribution < 1.29 is 18.8 Å². The Morgan fingerprint density at radius 1 is 1.36 bits per heavy atom. The summed E-state index contributed by atoms with van der Waals surface area (Å²) in [7, 11) is 1.42. The number of benzene rings is 1. The number of anilines is 1. The summed E-state index contributed by atoms with van der Waals surface area (Å²) in [6.07, 6.45) is 5.86. The van der Waals surface area contributed by atoms with E-state index in [0.29, 0.717) is 17.7 Å². The number of nitriles is 1. The van der Waals surface area contributed by atoms with Gasteiger partial charge in [-0.1, -0.05) is 18.1 Å². The first-order valence-electron chi connectivity index (χ1n) is 11.0. The molecule has 0 fully saturated rings. The van der Waals surface area contributed by atoms with E-state index in [1.165, 1.54) is 31.6 Å². The van der Waals surface area contributed by atoms with Gasteiger partial charge in [0, 0.05) is 31.6 Å². The summed E-state index contributed by atoms with van der Waals surface area (Å²) < 4.78 is 21.5. The molecule has 0 bridgehead atoms. The Balaban J connectivity index is 1.87. The standard InChI is InChI=1S/C24H22FN7O4/c1-4-32-11-15(9-27-32)19(18-6-5-16(25)7-14(18)8-26)13(2)22-30-20(21(33)24(35)31(22)3)23(34)29-17-10-28-36-12-17/h5-7,9-13,19,33H,4H2,1-3H3,(H,29,34)/t13-,19-/m1/s1. The van der Waals surface area contributed by atoms with Crippen LogP contribution in [0.4, 0.5) is 10.1 Å². The van der Waals surface area contributed by atoms with Crippen LogP contribution < -0.4 is 10.9 Å². The van der Waals surface area contributed by atoms with Gasteiger partial charge < -0.3 is 14.9 Å². The number of nitrogens with zero attached hydrogens (tertiary/aromatic N) is 6. The normalized spacial score (nSPS) is 12.6. The summed E-state index contributed by atoms with van der Waals surface area (Å²) in [5.41, 5.74) is 0.218. The summed E-state index contributed by atoms with van der Waals surface area (Å²) >= 11 is 0. The molecule has 3 aromatic heterocycles. The molecule has 2 N–H and O–H groups in total. The molecule has 0 spiro atoms. The fraction of sp³-hybridized carbons (Fsp3) is 0.250. The van der Waals surface area contributed by atoms with Crippen LogP contribution in [0.25, 0.3) is 0 Å². The van der Waals surface area contributed by atoms with E-state index in [1.807, 2.05) is 13.0 Å². The number of aromatic nitrogens is 5. The second-order valence-electron chi connectivity index (χ2n) is 8.14. The molecule has 36 heavy (non-hydrogen) atoms. The highest BCUT2D eigenvalue weighted by Gasteiger charge is 2.31. The number of carbonyl (C=O) groups excluding carboxylic acids is 1. The van der Waals surface area contributed by atoms with Crippen LogP contribution in [0, 0.1) is 17.1 Å². The van der Waals surface area contributed by atoms with Gasteiger partial charge in [-0.25, -0.2) is 9.37 Å². The minimum atomic E-state index is -0.836. The van der Waals surface area contributed by atoms with Crippen LogP contribution in [0.1, 0.15) is 58.7 Å². The highest BCUT2D eigenvalue weighted by Crippen LogP contribution is 2.39. The van der Waals surface area contributed by atoms with Gasteiger partial charge in [0.15, 0.2) is 5.69 Å². The third-order valence-electron chi connectivity index (χ3n) is 5.92. The molecule has 4 aromatic rings. The van der Waals surface area contributed by atoms with Crippen molar-refractivity contribution in [2.24, 2.45) is 7.05 Å². The molecule has 11 nitrogen and oxygen atoms in total. The Hall–Kier alpha value is -4.79. The number of nitrogens with one attached hydrogen (secondary N) is 1. The van der Waals surface area contributed by atoms with E-state index in [0.717, 1.165) is 10.6 Å². The van der Waals surface area contributed by atoms with Gasteiger partial charge in [-0.3, -0.25) is 18.8 Å². The van der Waals surface area contributed by atoms with Crippen molar-refractivity contribution in [3.63, 3.8) is 0 Å². The van der Waals surface area contributed by atoms with Gasteiger partial charge in [0.2, 0.25) is 5.75 Å². The van der Waals surface area contributed by atoms with Crippen molar-refractivity contribution >= 4 is 11.6 Å². The molecule has 0 saturated heterocycles. The van der Waals surface area contributed by atoms with Gasteiger partial charge in [-0.2, -0.15) is 10.4 Å². The maximum atomic E-state index is 13.9. The van der Waals surface area contributed by atoms with Crippen LogP contribution >= 0.6 is 0 Å². The van der Waals surface area contributed by atoms with Gasteiger partial charge in [-0.05, 0) is 30.2 Å². The molecule has 0 saturated carbocycles. The number of hydrogen-bond donors (Lipinski definition) is 2. The van der Waals surface area contributed by atoms with E-state index in [2.05, 4.69) is 25.1 Å². The van der Waals surface area contributed by atoms with Gasteiger partial charge >= 0.3 is 0 Å². The van der Waals surface area contributed by atoms with Crippen molar-refractivity contribution in [3.8, 4) is 11.8 Å². The number of amides is 1. The van der Waals surface area contributed by atoms with Crippen LogP contribution in [0.3, 0.4) is 0 Å². The summed E-state index contributed by atoms with van der Waals surface area (Å²) in [6.45, 7) is 4.28. The number of rotatable bonds is 7. The molecule has 184 valence electrons. The van der Waals surface area contributed by atoms with Crippen molar-refractivity contribution in [1.29, 1.82) is 5.26 Å². The van der Waals surface area contributed by atoms with Gasteiger partial charge in [0.1, 0.15) is 23.6 Å². The molecular weight excluding hydrogens is 469 g/mol. The molecule has 3 heterocycles. The highest BCUT2D eigenvalue weighted by atomic mass is 19.1. The molecule has 0 unspecified atom stereocenters. The third kappa shape index (κ3) is 4.46. The van der Waals surface area contributed by atoms with E-state index in [9.17, 15) is 24.3 Å². The van der Waals surface area contributed by atoms with E-state index >= 15 is 0 Å². The molecule has 0 aliphatic carbocycles. The summed E-state index contributed by atoms with van der Waals surface area (Å²) in [4.78, 5) is 30.0. The Bertz CT molecular complexity index is 1520. The highest BCUT2D eigenvalue weighted by molar-refractivity contribution is 6.04.